The number of aryl methyl sites for hydroxylation is 1. The fraction of sp³-hybridized carbons (Fsp3) is 0.308. The second-order valence-electron chi connectivity index (χ2n) is 8.46. The molecule has 0 saturated heterocycles. The lowest BCUT2D eigenvalue weighted by Crippen LogP contribution is -2.30. The Morgan fingerprint density at radius 1 is 1.11 bits per heavy atom. The van der Waals surface area contributed by atoms with Crippen LogP contribution in [0.25, 0.3) is 11.3 Å². The number of carbonyl (C=O) groups is 3. The number of nitrogens with zero attached hydrogens (tertiary/aromatic N) is 3. The normalized spacial score (nSPS) is 12.5. The second-order valence-corrected chi connectivity index (χ2v) is 9.66. The highest BCUT2D eigenvalue weighted by Crippen LogP contribution is 2.32. The second kappa shape index (κ2) is 11.3. The van der Waals surface area contributed by atoms with E-state index in [1.54, 1.807) is 0 Å². The molecular weight excluding hydrogens is 496 g/mol. The number of nitro benzene ring substituents is 1. The lowest BCUT2D eigenvalue weighted by molar-refractivity contribution is -0.385. The van der Waals surface area contributed by atoms with Crippen LogP contribution in [-0.4, -0.2) is 45.7 Å². The highest BCUT2D eigenvalue weighted by molar-refractivity contribution is 7.16. The van der Waals surface area contributed by atoms with E-state index >= 15 is 0 Å². The van der Waals surface area contributed by atoms with Gasteiger partial charge in [0.25, 0.3) is 17.5 Å². The molecule has 0 atom stereocenters. The first-order valence-corrected chi connectivity index (χ1v) is 12.8. The molecule has 11 heteroatoms. The van der Waals surface area contributed by atoms with Gasteiger partial charge in [0.05, 0.1) is 22.8 Å². The topological polar surface area (TPSA) is 132 Å². The summed E-state index contributed by atoms with van der Waals surface area (Å²) in [5.74, 6) is -0.545. The summed E-state index contributed by atoms with van der Waals surface area (Å²) in [6.07, 6.45) is 1.93. The quantitative estimate of drug-likeness (QED) is 0.158. The Labute approximate surface area is 217 Å². The predicted octanol–water partition coefficient (Wildman–Crippen LogP) is 5.22. The van der Waals surface area contributed by atoms with Crippen molar-refractivity contribution in [2.24, 2.45) is 0 Å². The van der Waals surface area contributed by atoms with Gasteiger partial charge in [0.15, 0.2) is 5.13 Å². The number of benzene rings is 2. The van der Waals surface area contributed by atoms with Crippen LogP contribution in [0, 0.1) is 17.0 Å². The average molecular weight is 523 g/mol. The largest absolute Gasteiger partial charge is 0.494 e. The van der Waals surface area contributed by atoms with Crippen molar-refractivity contribution in [1.29, 1.82) is 0 Å². The number of ether oxygens (including phenoxy) is 1. The van der Waals surface area contributed by atoms with Crippen molar-refractivity contribution in [2.45, 2.75) is 39.5 Å². The molecular formula is C26H26N4O6S. The molecule has 0 unspecified atom stereocenters. The molecule has 0 bridgehead atoms. The molecule has 10 nitrogen and oxygen atoms in total. The number of nitrogens with one attached hydrogen (secondary N) is 1. The number of carbonyl (C=O) groups excluding carboxylic acids is 3. The van der Waals surface area contributed by atoms with E-state index in [0.717, 1.165) is 26.8 Å². The summed E-state index contributed by atoms with van der Waals surface area (Å²) >= 11 is 1.41. The summed E-state index contributed by atoms with van der Waals surface area (Å²) in [5, 5.41) is 14.6. The highest BCUT2D eigenvalue weighted by Gasteiger charge is 2.40. The highest BCUT2D eigenvalue weighted by atomic mass is 32.1. The molecule has 1 aliphatic rings. The van der Waals surface area contributed by atoms with Gasteiger partial charge in [0.2, 0.25) is 5.91 Å². The van der Waals surface area contributed by atoms with Gasteiger partial charge < -0.3 is 10.1 Å². The molecule has 3 amide bonds. The molecule has 1 aromatic heterocycles. The lowest BCUT2D eigenvalue weighted by Gasteiger charge is -2.13. The number of hydrogen-bond donors (Lipinski definition) is 1. The zero-order valence-corrected chi connectivity index (χ0v) is 21.3. The molecule has 2 aromatic carbocycles. The van der Waals surface area contributed by atoms with Gasteiger partial charge in [-0.25, -0.2) is 4.98 Å². The maximum Gasteiger partial charge on any atom is 0.282 e. The Hall–Kier alpha value is -4.12. The Kier molecular flexibility index (Phi) is 7.92. The molecule has 3 aromatic rings. The summed E-state index contributed by atoms with van der Waals surface area (Å²) in [5.41, 5.74) is 1.29. The van der Waals surface area contributed by atoms with Crippen LogP contribution in [0.5, 0.6) is 5.75 Å². The van der Waals surface area contributed by atoms with Gasteiger partial charge in [-0.3, -0.25) is 29.4 Å². The van der Waals surface area contributed by atoms with E-state index in [1.165, 1.54) is 29.5 Å². The molecule has 4 rings (SSSR count). The van der Waals surface area contributed by atoms with Gasteiger partial charge in [-0.1, -0.05) is 12.5 Å². The van der Waals surface area contributed by atoms with Crippen LogP contribution < -0.4 is 10.1 Å². The minimum Gasteiger partial charge on any atom is -0.494 e. The number of amides is 3. The van der Waals surface area contributed by atoms with E-state index in [0.29, 0.717) is 31.0 Å². The van der Waals surface area contributed by atoms with Crippen molar-refractivity contribution in [1.82, 2.24) is 9.88 Å². The first-order chi connectivity index (χ1) is 17.8. The molecule has 0 fully saturated rings. The van der Waals surface area contributed by atoms with E-state index in [-0.39, 0.29) is 35.7 Å². The average Bonchev–Trinajstić information content (AvgIpc) is 3.36. The number of nitro groups is 1. The van der Waals surface area contributed by atoms with Crippen molar-refractivity contribution >= 4 is 39.9 Å². The van der Waals surface area contributed by atoms with Crippen LogP contribution in [0.3, 0.4) is 0 Å². The molecule has 0 saturated carbocycles. The van der Waals surface area contributed by atoms with Gasteiger partial charge in [0.1, 0.15) is 11.3 Å². The number of hydrogen-bond acceptors (Lipinski definition) is 8. The minimum atomic E-state index is -0.656. The zero-order valence-electron chi connectivity index (χ0n) is 20.5. The maximum atomic E-state index is 12.6. The molecule has 1 N–H and O–H groups in total. The SMILES string of the molecule is CCOc1ccc(-c2nc(NC(=O)CCCCCN3C(=O)c4cccc([N+](=O)[O-])c4C3=O)sc2C)cc1. The van der Waals surface area contributed by atoms with Crippen LogP contribution in [-0.2, 0) is 4.79 Å². The summed E-state index contributed by atoms with van der Waals surface area (Å²) in [6, 6.07) is 11.7. The number of fused-ring (bicyclic) bond motifs is 1. The van der Waals surface area contributed by atoms with E-state index < -0.39 is 16.7 Å². The van der Waals surface area contributed by atoms with Crippen LogP contribution in [0.4, 0.5) is 10.8 Å². The van der Waals surface area contributed by atoms with Crippen molar-refractivity contribution in [3.8, 4) is 17.0 Å². The number of aromatic nitrogens is 1. The van der Waals surface area contributed by atoms with Gasteiger partial charge in [0, 0.05) is 29.5 Å². The van der Waals surface area contributed by atoms with E-state index in [1.807, 2.05) is 38.1 Å². The molecule has 1 aliphatic heterocycles. The summed E-state index contributed by atoms with van der Waals surface area (Å²) < 4.78 is 5.47. The molecule has 192 valence electrons. The third-order valence-corrected chi connectivity index (χ3v) is 6.83. The number of rotatable bonds is 11. The third-order valence-electron chi connectivity index (χ3n) is 5.94. The Morgan fingerprint density at radius 2 is 1.86 bits per heavy atom. The summed E-state index contributed by atoms with van der Waals surface area (Å²) in [7, 11) is 0. The van der Waals surface area contributed by atoms with E-state index in [4.69, 9.17) is 4.74 Å². The molecule has 2 heterocycles. The molecule has 0 radical (unpaired) electrons. The van der Waals surface area contributed by atoms with Crippen LogP contribution in [0.1, 0.15) is 58.2 Å². The van der Waals surface area contributed by atoms with Crippen molar-refractivity contribution in [3.05, 3.63) is 68.6 Å². The van der Waals surface area contributed by atoms with Crippen molar-refractivity contribution < 1.29 is 24.0 Å². The first kappa shape index (κ1) is 26.0. The smallest absolute Gasteiger partial charge is 0.282 e. The summed E-state index contributed by atoms with van der Waals surface area (Å²) in [6.45, 7) is 4.62. The third kappa shape index (κ3) is 5.67. The van der Waals surface area contributed by atoms with Crippen molar-refractivity contribution in [3.63, 3.8) is 0 Å². The molecule has 0 aliphatic carbocycles. The van der Waals surface area contributed by atoms with Gasteiger partial charge in [-0.15, -0.1) is 11.3 Å². The van der Waals surface area contributed by atoms with E-state index in [2.05, 4.69) is 10.3 Å². The molecule has 0 spiro atoms. The van der Waals surface area contributed by atoms with Crippen LogP contribution in [0.15, 0.2) is 42.5 Å². The lowest BCUT2D eigenvalue weighted by atomic mass is 10.1. The Morgan fingerprint density at radius 3 is 2.57 bits per heavy atom. The van der Waals surface area contributed by atoms with Gasteiger partial charge >= 0.3 is 0 Å². The fourth-order valence-electron chi connectivity index (χ4n) is 4.18. The monoisotopic (exact) mass is 522 g/mol. The van der Waals surface area contributed by atoms with Gasteiger partial charge in [-0.2, -0.15) is 0 Å². The van der Waals surface area contributed by atoms with Crippen LogP contribution in [0.2, 0.25) is 0 Å². The van der Waals surface area contributed by atoms with Gasteiger partial charge in [-0.05, 0) is 57.0 Å². The number of anilines is 1. The zero-order chi connectivity index (χ0) is 26.5. The fourth-order valence-corrected chi connectivity index (χ4v) is 5.03. The minimum absolute atomic E-state index is 0.0573. The Balaban J connectivity index is 1.24. The standard InChI is InChI=1S/C26H26N4O6S/c1-3-36-18-13-11-17(12-14-18)23-16(2)37-26(28-23)27-21(31)10-5-4-6-15-29-24(32)19-8-7-9-20(30(34)35)22(19)25(29)33/h7-9,11-14H,3-6,10,15H2,1-2H3,(H,27,28,31). The first-order valence-electron chi connectivity index (χ1n) is 11.9. The molecule has 37 heavy (non-hydrogen) atoms. The van der Waals surface area contributed by atoms with Crippen LogP contribution >= 0.6 is 11.3 Å². The predicted molar refractivity (Wildman–Crippen MR) is 139 cm³/mol. The van der Waals surface area contributed by atoms with Crippen molar-refractivity contribution in [2.75, 3.05) is 18.5 Å². The Bertz CT molecular complexity index is 1350. The summed E-state index contributed by atoms with van der Waals surface area (Å²) in [4.78, 5) is 54.7. The number of unbranched alkanes of at least 4 members (excludes halogenated alkanes) is 2. The maximum absolute atomic E-state index is 12.6. The number of imide groups is 1. The van der Waals surface area contributed by atoms with E-state index in [9.17, 15) is 24.5 Å². The number of thiazole rings is 1.